The Kier molecular flexibility index (Phi) is 10.8. The Hall–Kier alpha value is -1.06. The highest BCUT2D eigenvalue weighted by atomic mass is 16.5. The van der Waals surface area contributed by atoms with Gasteiger partial charge in [0.05, 0.1) is 12.5 Å². The number of amides is 1. The fourth-order valence-electron chi connectivity index (χ4n) is 3.20. The number of hydrogen-bond acceptors (Lipinski definition) is 3. The Balaban J connectivity index is 1.99. The van der Waals surface area contributed by atoms with E-state index in [0.29, 0.717) is 19.6 Å². The number of carbonyl (C=O) groups excluding carboxylic acids is 2. The zero-order valence-electron chi connectivity index (χ0n) is 15.1. The average Bonchev–Trinajstić information content (AvgIpc) is 2.91. The quantitative estimate of drug-likeness (QED) is 0.374. The number of rotatable bonds is 13. The molecule has 1 amide bonds. The van der Waals surface area contributed by atoms with E-state index in [9.17, 15) is 9.59 Å². The van der Waals surface area contributed by atoms with Crippen LogP contribution in [0.1, 0.15) is 84.5 Å². The number of carbonyl (C=O) groups is 2. The van der Waals surface area contributed by atoms with Crippen molar-refractivity contribution in [1.82, 2.24) is 4.90 Å². The summed E-state index contributed by atoms with van der Waals surface area (Å²) < 4.78 is 5.01. The smallest absolute Gasteiger partial charge is 0.311 e. The summed E-state index contributed by atoms with van der Waals surface area (Å²) in [6.07, 6.45) is 13.3. The zero-order chi connectivity index (χ0) is 16.9. The van der Waals surface area contributed by atoms with Crippen molar-refractivity contribution in [2.24, 2.45) is 5.92 Å². The topological polar surface area (TPSA) is 46.6 Å². The minimum atomic E-state index is -0.245. The van der Waals surface area contributed by atoms with Crippen LogP contribution in [0.5, 0.6) is 0 Å². The first-order chi connectivity index (χ1) is 11.2. The highest BCUT2D eigenvalue weighted by Gasteiger charge is 2.34. The highest BCUT2D eigenvalue weighted by molar-refractivity contribution is 5.86. The number of ether oxygens (including phenoxy) is 1. The average molecular weight is 325 g/mol. The second-order valence-corrected chi connectivity index (χ2v) is 6.67. The van der Waals surface area contributed by atoms with Gasteiger partial charge in [-0.1, -0.05) is 64.7 Å². The van der Waals surface area contributed by atoms with Gasteiger partial charge in [-0.05, 0) is 13.3 Å². The lowest BCUT2D eigenvalue weighted by atomic mass is 10.1. The van der Waals surface area contributed by atoms with Gasteiger partial charge in [0.1, 0.15) is 0 Å². The van der Waals surface area contributed by atoms with Gasteiger partial charge >= 0.3 is 5.97 Å². The van der Waals surface area contributed by atoms with Crippen LogP contribution < -0.4 is 0 Å². The van der Waals surface area contributed by atoms with Crippen LogP contribution in [-0.2, 0) is 14.3 Å². The minimum absolute atomic E-state index is 0.110. The lowest BCUT2D eigenvalue weighted by Crippen LogP contribution is -2.27. The first-order valence-corrected chi connectivity index (χ1v) is 9.63. The van der Waals surface area contributed by atoms with Gasteiger partial charge in [0.2, 0.25) is 5.91 Å². The summed E-state index contributed by atoms with van der Waals surface area (Å²) in [6.45, 7) is 5.79. The van der Waals surface area contributed by atoms with Crippen molar-refractivity contribution < 1.29 is 14.3 Å². The zero-order valence-corrected chi connectivity index (χ0v) is 15.1. The number of nitrogens with zero attached hydrogens (tertiary/aromatic N) is 1. The van der Waals surface area contributed by atoms with Crippen LogP contribution in [0.4, 0.5) is 0 Å². The molecule has 0 saturated carbocycles. The van der Waals surface area contributed by atoms with Gasteiger partial charge in [0.15, 0.2) is 0 Å². The van der Waals surface area contributed by atoms with E-state index in [-0.39, 0.29) is 17.8 Å². The molecule has 0 spiro atoms. The molecule has 0 bridgehead atoms. The van der Waals surface area contributed by atoms with Crippen molar-refractivity contribution in [3.63, 3.8) is 0 Å². The molecule has 0 aromatic carbocycles. The van der Waals surface area contributed by atoms with Crippen molar-refractivity contribution >= 4 is 11.9 Å². The van der Waals surface area contributed by atoms with Crippen molar-refractivity contribution in [3.8, 4) is 0 Å². The van der Waals surface area contributed by atoms with E-state index in [1.807, 2.05) is 4.90 Å². The molecular weight excluding hydrogens is 290 g/mol. The van der Waals surface area contributed by atoms with Gasteiger partial charge < -0.3 is 9.64 Å². The van der Waals surface area contributed by atoms with E-state index in [4.69, 9.17) is 4.74 Å². The molecule has 1 aliphatic rings. The summed E-state index contributed by atoms with van der Waals surface area (Å²) in [7, 11) is 0. The van der Waals surface area contributed by atoms with Gasteiger partial charge in [-0.2, -0.15) is 0 Å². The number of unbranched alkanes of at least 4 members (excludes halogenated alkanes) is 9. The molecule has 1 atom stereocenters. The Morgan fingerprint density at radius 1 is 1.00 bits per heavy atom. The molecule has 0 N–H and O–H groups in total. The molecule has 4 heteroatoms. The summed E-state index contributed by atoms with van der Waals surface area (Å²) in [6, 6.07) is 0. The molecule has 0 aromatic heterocycles. The third-order valence-corrected chi connectivity index (χ3v) is 4.62. The molecule has 1 rings (SSSR count). The molecule has 0 radical (unpaired) electrons. The van der Waals surface area contributed by atoms with Crippen LogP contribution in [0.2, 0.25) is 0 Å². The van der Waals surface area contributed by atoms with Crippen molar-refractivity contribution in [1.29, 1.82) is 0 Å². The first kappa shape index (κ1) is 20.0. The summed E-state index contributed by atoms with van der Waals surface area (Å²) in [5, 5.41) is 0. The monoisotopic (exact) mass is 325 g/mol. The normalized spacial score (nSPS) is 17.7. The molecule has 0 aliphatic carbocycles. The lowest BCUT2D eigenvalue weighted by molar-refractivity contribution is -0.147. The second kappa shape index (κ2) is 12.4. The predicted molar refractivity (Wildman–Crippen MR) is 93.2 cm³/mol. The van der Waals surface area contributed by atoms with E-state index >= 15 is 0 Å². The largest absolute Gasteiger partial charge is 0.466 e. The molecule has 1 fully saturated rings. The maximum Gasteiger partial charge on any atom is 0.311 e. The van der Waals surface area contributed by atoms with Gasteiger partial charge in [0.25, 0.3) is 0 Å². The number of hydrogen-bond donors (Lipinski definition) is 0. The molecule has 0 aromatic rings. The van der Waals surface area contributed by atoms with Crippen LogP contribution in [0, 0.1) is 5.92 Å². The van der Waals surface area contributed by atoms with Crippen molar-refractivity contribution in [2.75, 3.05) is 19.7 Å². The van der Waals surface area contributed by atoms with Crippen LogP contribution in [-0.4, -0.2) is 36.5 Å². The maximum atomic E-state index is 11.9. The van der Waals surface area contributed by atoms with Crippen LogP contribution >= 0.6 is 0 Å². The summed E-state index contributed by atoms with van der Waals surface area (Å²) in [5.74, 6) is -0.351. The van der Waals surface area contributed by atoms with Crippen LogP contribution in [0.25, 0.3) is 0 Å². The molecular formula is C19H35NO3. The molecule has 134 valence electrons. The molecule has 23 heavy (non-hydrogen) atoms. The standard InChI is InChI=1S/C19H35NO3/c1-3-5-6-7-8-9-10-11-12-13-14-20-16-17(15-18(20)21)19(22)23-4-2/h17H,3-16H2,1-2H3. The molecule has 1 aliphatic heterocycles. The summed E-state index contributed by atoms with van der Waals surface area (Å²) >= 11 is 0. The predicted octanol–water partition coefficient (Wildman–Crippen LogP) is 4.32. The Bertz CT molecular complexity index is 344. The fraction of sp³-hybridized carbons (Fsp3) is 0.895. The van der Waals surface area contributed by atoms with Gasteiger partial charge in [-0.15, -0.1) is 0 Å². The van der Waals surface area contributed by atoms with E-state index < -0.39 is 0 Å². The van der Waals surface area contributed by atoms with E-state index in [1.54, 1.807) is 6.92 Å². The van der Waals surface area contributed by atoms with Gasteiger partial charge in [0, 0.05) is 19.5 Å². The third kappa shape index (κ3) is 8.38. The van der Waals surface area contributed by atoms with E-state index in [0.717, 1.165) is 13.0 Å². The maximum absolute atomic E-state index is 11.9. The number of esters is 1. The Labute approximate surface area is 141 Å². The van der Waals surface area contributed by atoms with Gasteiger partial charge in [-0.3, -0.25) is 9.59 Å². The molecule has 1 unspecified atom stereocenters. The second-order valence-electron chi connectivity index (χ2n) is 6.67. The molecule has 1 saturated heterocycles. The minimum Gasteiger partial charge on any atom is -0.466 e. The fourth-order valence-corrected chi connectivity index (χ4v) is 3.20. The first-order valence-electron chi connectivity index (χ1n) is 9.63. The summed E-state index contributed by atoms with van der Waals surface area (Å²) in [5.41, 5.74) is 0. The Morgan fingerprint density at radius 3 is 2.13 bits per heavy atom. The molecule has 1 heterocycles. The van der Waals surface area contributed by atoms with Crippen molar-refractivity contribution in [3.05, 3.63) is 0 Å². The van der Waals surface area contributed by atoms with Crippen molar-refractivity contribution in [2.45, 2.75) is 84.5 Å². The third-order valence-electron chi connectivity index (χ3n) is 4.62. The number of likely N-dealkylation sites (tertiary alicyclic amines) is 1. The van der Waals surface area contributed by atoms with Crippen LogP contribution in [0.15, 0.2) is 0 Å². The van der Waals surface area contributed by atoms with Gasteiger partial charge in [-0.25, -0.2) is 0 Å². The van der Waals surface area contributed by atoms with Crippen LogP contribution in [0.3, 0.4) is 0 Å². The molecule has 4 nitrogen and oxygen atoms in total. The van der Waals surface area contributed by atoms with E-state index in [1.165, 1.54) is 57.8 Å². The lowest BCUT2D eigenvalue weighted by Gasteiger charge is -2.16. The summed E-state index contributed by atoms with van der Waals surface area (Å²) in [4.78, 5) is 25.4. The SMILES string of the molecule is CCCCCCCCCCCCN1CC(C(=O)OCC)CC1=O. The van der Waals surface area contributed by atoms with E-state index in [2.05, 4.69) is 6.92 Å². The highest BCUT2D eigenvalue weighted by Crippen LogP contribution is 2.20. The Morgan fingerprint density at radius 2 is 1.57 bits per heavy atom.